The first-order chi connectivity index (χ1) is 15.9. The summed E-state index contributed by atoms with van der Waals surface area (Å²) in [4.78, 5) is 8.59. The molecule has 0 amide bonds. The zero-order valence-corrected chi connectivity index (χ0v) is 20.6. The third kappa shape index (κ3) is 4.39. The van der Waals surface area contributed by atoms with Crippen molar-refractivity contribution in [3.8, 4) is 0 Å². The van der Waals surface area contributed by atoms with Crippen LogP contribution < -0.4 is 0 Å². The van der Waals surface area contributed by atoms with Gasteiger partial charge in [-0.15, -0.1) is 11.3 Å². The summed E-state index contributed by atoms with van der Waals surface area (Å²) >= 11 is 1.83. The number of thiophene rings is 1. The Balaban J connectivity index is 1.48. The van der Waals surface area contributed by atoms with Crippen molar-refractivity contribution < 1.29 is 9.13 Å². The smallest absolute Gasteiger partial charge is 0.123 e. The molecule has 5 rings (SSSR count). The minimum absolute atomic E-state index is 0.00115. The first-order valence-corrected chi connectivity index (χ1v) is 12.9. The molecule has 0 N–H and O–H groups in total. The largest absolute Gasteiger partial charge is 0.373 e. The summed E-state index contributed by atoms with van der Waals surface area (Å²) in [5.74, 6) is -0.150. The average Bonchev–Trinajstić information content (AvgIpc) is 3.48. The van der Waals surface area contributed by atoms with E-state index in [1.807, 2.05) is 30.5 Å². The molecule has 0 aliphatic carbocycles. The maximum Gasteiger partial charge on any atom is 0.123 e. The van der Waals surface area contributed by atoms with Crippen molar-refractivity contribution in [1.29, 1.82) is 0 Å². The van der Waals surface area contributed by atoms with E-state index < -0.39 is 0 Å². The standard InChI is InChI=1S/C28H33FN2OS/c1-20-6-7-22(18-30-20)27(2,3)31-14-13-28(19-31,12-10-24-5-4-16-33-24)26-25-9-8-23(29)17-21(25)11-15-32-26/h4-9,16-18,26H,10-15,19H2,1-3H3. The summed E-state index contributed by atoms with van der Waals surface area (Å²) < 4.78 is 20.5. The summed E-state index contributed by atoms with van der Waals surface area (Å²) in [7, 11) is 0. The minimum atomic E-state index is -0.150. The van der Waals surface area contributed by atoms with Gasteiger partial charge in [-0.2, -0.15) is 0 Å². The van der Waals surface area contributed by atoms with Crippen LogP contribution in [0.1, 0.15) is 60.1 Å². The molecule has 3 nitrogen and oxygen atoms in total. The normalized spacial score (nSPS) is 23.6. The van der Waals surface area contributed by atoms with Crippen molar-refractivity contribution in [2.45, 2.75) is 58.1 Å². The van der Waals surface area contributed by atoms with Gasteiger partial charge in [-0.05, 0) is 99.3 Å². The summed E-state index contributed by atoms with van der Waals surface area (Å²) in [5, 5.41) is 2.16. The number of halogens is 1. The molecular weight excluding hydrogens is 431 g/mol. The van der Waals surface area contributed by atoms with E-state index in [1.54, 1.807) is 12.1 Å². The van der Waals surface area contributed by atoms with Gasteiger partial charge in [0.2, 0.25) is 0 Å². The van der Waals surface area contributed by atoms with E-state index in [9.17, 15) is 4.39 Å². The number of pyridine rings is 1. The van der Waals surface area contributed by atoms with Gasteiger partial charge >= 0.3 is 0 Å². The number of aromatic nitrogens is 1. The van der Waals surface area contributed by atoms with E-state index in [0.717, 1.165) is 50.0 Å². The van der Waals surface area contributed by atoms with Gasteiger partial charge in [0.25, 0.3) is 0 Å². The Labute approximate surface area is 200 Å². The molecule has 2 unspecified atom stereocenters. The fourth-order valence-electron chi connectivity index (χ4n) is 5.69. The topological polar surface area (TPSA) is 25.4 Å². The van der Waals surface area contributed by atoms with Crippen LogP contribution >= 0.6 is 11.3 Å². The third-order valence-corrected chi connectivity index (χ3v) is 8.78. The molecule has 33 heavy (non-hydrogen) atoms. The van der Waals surface area contributed by atoms with Crippen LogP contribution in [0.15, 0.2) is 54.0 Å². The van der Waals surface area contributed by atoms with Gasteiger partial charge in [0.05, 0.1) is 12.7 Å². The number of rotatable bonds is 6. The van der Waals surface area contributed by atoms with E-state index in [-0.39, 0.29) is 22.9 Å². The number of aryl methyl sites for hydroxylation is 2. The van der Waals surface area contributed by atoms with Crippen LogP contribution in [-0.4, -0.2) is 29.6 Å². The molecule has 2 aliphatic heterocycles. The number of ether oxygens (including phenoxy) is 1. The molecule has 3 aromatic rings. The van der Waals surface area contributed by atoms with Gasteiger partial charge in [0.15, 0.2) is 0 Å². The SMILES string of the molecule is Cc1ccc(C(C)(C)N2CCC(CCc3cccs3)(C3OCCc4cc(F)ccc43)C2)cn1. The van der Waals surface area contributed by atoms with Crippen molar-refractivity contribution in [2.75, 3.05) is 19.7 Å². The van der Waals surface area contributed by atoms with Crippen LogP contribution in [0.2, 0.25) is 0 Å². The van der Waals surface area contributed by atoms with Gasteiger partial charge < -0.3 is 4.74 Å². The zero-order chi connectivity index (χ0) is 23.1. The highest BCUT2D eigenvalue weighted by Crippen LogP contribution is 2.52. The predicted molar refractivity (Wildman–Crippen MR) is 132 cm³/mol. The lowest BCUT2D eigenvalue weighted by molar-refractivity contribution is -0.0561. The van der Waals surface area contributed by atoms with Crippen LogP contribution in [-0.2, 0) is 23.1 Å². The fraction of sp³-hybridized carbons (Fsp3) is 0.464. The van der Waals surface area contributed by atoms with Crippen molar-refractivity contribution in [1.82, 2.24) is 9.88 Å². The number of hydrogen-bond donors (Lipinski definition) is 0. The quantitative estimate of drug-likeness (QED) is 0.418. The molecule has 0 saturated carbocycles. The molecule has 0 radical (unpaired) electrons. The molecule has 4 heterocycles. The van der Waals surface area contributed by atoms with Crippen LogP contribution in [0, 0.1) is 18.2 Å². The van der Waals surface area contributed by atoms with Crippen molar-refractivity contribution >= 4 is 11.3 Å². The maximum atomic E-state index is 14.0. The monoisotopic (exact) mass is 464 g/mol. The van der Waals surface area contributed by atoms with E-state index in [1.165, 1.54) is 16.0 Å². The van der Waals surface area contributed by atoms with Crippen LogP contribution in [0.4, 0.5) is 4.39 Å². The second kappa shape index (κ2) is 8.94. The Morgan fingerprint density at radius 2 is 2.12 bits per heavy atom. The van der Waals surface area contributed by atoms with E-state index in [4.69, 9.17) is 4.74 Å². The molecular formula is C28H33FN2OS. The molecule has 1 saturated heterocycles. The second-order valence-electron chi connectivity index (χ2n) is 10.2. The highest BCUT2D eigenvalue weighted by Gasteiger charge is 2.50. The lowest BCUT2D eigenvalue weighted by Crippen LogP contribution is -2.43. The first kappa shape index (κ1) is 22.7. The molecule has 2 atom stereocenters. The molecule has 0 spiro atoms. The van der Waals surface area contributed by atoms with Crippen LogP contribution in [0.5, 0.6) is 0 Å². The van der Waals surface area contributed by atoms with E-state index in [0.29, 0.717) is 6.61 Å². The van der Waals surface area contributed by atoms with Gasteiger partial charge in [-0.3, -0.25) is 9.88 Å². The lowest BCUT2D eigenvalue weighted by atomic mass is 9.72. The third-order valence-electron chi connectivity index (χ3n) is 7.84. The number of likely N-dealkylation sites (tertiary alicyclic amines) is 1. The summed E-state index contributed by atoms with van der Waals surface area (Å²) in [6.45, 7) is 9.28. The van der Waals surface area contributed by atoms with E-state index >= 15 is 0 Å². The Morgan fingerprint density at radius 1 is 1.24 bits per heavy atom. The number of hydrogen-bond acceptors (Lipinski definition) is 4. The molecule has 1 aromatic carbocycles. The van der Waals surface area contributed by atoms with Crippen molar-refractivity contribution in [2.24, 2.45) is 5.41 Å². The highest BCUT2D eigenvalue weighted by molar-refractivity contribution is 7.09. The van der Waals surface area contributed by atoms with Gasteiger partial charge in [0.1, 0.15) is 5.82 Å². The summed E-state index contributed by atoms with van der Waals surface area (Å²) in [5.41, 5.74) is 4.46. The van der Waals surface area contributed by atoms with Gasteiger partial charge in [0, 0.05) is 34.3 Å². The molecule has 2 aromatic heterocycles. The van der Waals surface area contributed by atoms with Crippen LogP contribution in [0.25, 0.3) is 0 Å². The predicted octanol–water partition coefficient (Wildman–Crippen LogP) is 6.46. The molecule has 0 bridgehead atoms. The van der Waals surface area contributed by atoms with Gasteiger partial charge in [-0.1, -0.05) is 18.2 Å². The average molecular weight is 465 g/mol. The number of nitrogens with zero attached hydrogens (tertiary/aromatic N) is 2. The molecule has 1 fully saturated rings. The second-order valence-corrected chi connectivity index (χ2v) is 11.2. The maximum absolute atomic E-state index is 14.0. The molecule has 5 heteroatoms. The Hall–Kier alpha value is -2.08. The molecule has 2 aliphatic rings. The zero-order valence-electron chi connectivity index (χ0n) is 19.8. The lowest BCUT2D eigenvalue weighted by Gasteiger charge is -2.43. The summed E-state index contributed by atoms with van der Waals surface area (Å²) in [6.07, 6.45) is 5.99. The van der Waals surface area contributed by atoms with E-state index in [2.05, 4.69) is 53.4 Å². The Kier molecular flexibility index (Phi) is 6.15. The summed E-state index contributed by atoms with van der Waals surface area (Å²) in [6, 6.07) is 14.0. The minimum Gasteiger partial charge on any atom is -0.373 e. The van der Waals surface area contributed by atoms with Gasteiger partial charge in [-0.25, -0.2) is 4.39 Å². The first-order valence-electron chi connectivity index (χ1n) is 12.0. The van der Waals surface area contributed by atoms with Crippen LogP contribution in [0.3, 0.4) is 0 Å². The van der Waals surface area contributed by atoms with Crippen molar-refractivity contribution in [3.05, 3.63) is 87.1 Å². The number of benzene rings is 1. The molecule has 174 valence electrons. The highest BCUT2D eigenvalue weighted by atomic mass is 32.1. The number of fused-ring (bicyclic) bond motifs is 1. The fourth-order valence-corrected chi connectivity index (χ4v) is 6.40. The Bertz CT molecular complexity index is 1100. The van der Waals surface area contributed by atoms with Crippen molar-refractivity contribution in [3.63, 3.8) is 0 Å². The Morgan fingerprint density at radius 3 is 2.88 bits per heavy atom.